The molecule has 2 aromatic rings. The zero-order valence-corrected chi connectivity index (χ0v) is 12.2. The lowest BCUT2D eigenvalue weighted by atomic mass is 10.1. The van der Waals surface area contributed by atoms with Gasteiger partial charge in [0.2, 0.25) is 0 Å². The smallest absolute Gasteiger partial charge is 0.267 e. The van der Waals surface area contributed by atoms with Crippen molar-refractivity contribution in [2.45, 2.75) is 13.8 Å². The Kier molecular flexibility index (Phi) is 4.63. The molecular formula is C16H15N3O3. The van der Waals surface area contributed by atoms with E-state index in [0.29, 0.717) is 11.1 Å². The minimum absolute atomic E-state index is 0.0141. The molecule has 0 atom stereocenters. The molecule has 0 saturated carbocycles. The van der Waals surface area contributed by atoms with Crippen LogP contribution in [0.25, 0.3) is 0 Å². The third kappa shape index (κ3) is 3.76. The van der Waals surface area contributed by atoms with Crippen LogP contribution in [0.15, 0.2) is 47.6 Å². The fourth-order valence-corrected chi connectivity index (χ4v) is 1.98. The fourth-order valence-electron chi connectivity index (χ4n) is 1.98. The molecule has 0 aliphatic carbocycles. The van der Waals surface area contributed by atoms with Crippen LogP contribution in [0.5, 0.6) is 0 Å². The average Bonchev–Trinajstić information content (AvgIpc) is 2.46. The Morgan fingerprint density at radius 1 is 1.23 bits per heavy atom. The summed E-state index contributed by atoms with van der Waals surface area (Å²) in [5.74, 6) is -0.415. The van der Waals surface area contributed by atoms with Gasteiger partial charge in [0.15, 0.2) is 0 Å². The minimum atomic E-state index is -0.479. The van der Waals surface area contributed by atoms with Gasteiger partial charge < -0.3 is 0 Å². The van der Waals surface area contributed by atoms with Gasteiger partial charge in [-0.15, -0.1) is 0 Å². The lowest BCUT2D eigenvalue weighted by molar-refractivity contribution is -0.385. The molecule has 6 heteroatoms. The molecule has 0 bridgehead atoms. The Hall–Kier alpha value is -3.02. The van der Waals surface area contributed by atoms with E-state index in [0.717, 1.165) is 11.1 Å². The zero-order chi connectivity index (χ0) is 16.1. The van der Waals surface area contributed by atoms with Gasteiger partial charge in [0.05, 0.1) is 11.1 Å². The number of amides is 1. The fraction of sp³-hybridized carbons (Fsp3) is 0.125. The summed E-state index contributed by atoms with van der Waals surface area (Å²) in [6, 6.07) is 11.9. The van der Waals surface area contributed by atoms with Crippen LogP contribution in [-0.4, -0.2) is 17.0 Å². The number of nitro groups is 1. The Labute approximate surface area is 127 Å². The van der Waals surface area contributed by atoms with E-state index >= 15 is 0 Å². The van der Waals surface area contributed by atoms with Crippen LogP contribution in [0, 0.1) is 24.0 Å². The van der Waals surface area contributed by atoms with Crippen molar-refractivity contribution < 1.29 is 9.72 Å². The van der Waals surface area contributed by atoms with Gasteiger partial charge in [-0.1, -0.05) is 29.8 Å². The van der Waals surface area contributed by atoms with Crippen LogP contribution in [-0.2, 0) is 0 Å². The molecular weight excluding hydrogens is 282 g/mol. The summed E-state index contributed by atoms with van der Waals surface area (Å²) in [7, 11) is 0. The van der Waals surface area contributed by atoms with Crippen molar-refractivity contribution in [3.05, 3.63) is 74.8 Å². The summed E-state index contributed by atoms with van der Waals surface area (Å²) in [6.45, 7) is 3.56. The first-order valence-corrected chi connectivity index (χ1v) is 6.62. The standard InChI is InChI=1S/C16H15N3O3/c1-11-4-3-5-13(8-11)10-17-18-16(20)14-6-7-15(19(21)22)12(2)9-14/h3-10H,1-2H3,(H,18,20)/b17-10+. The molecule has 0 aliphatic rings. The van der Waals surface area contributed by atoms with Crippen LogP contribution >= 0.6 is 0 Å². The average molecular weight is 297 g/mol. The first kappa shape index (κ1) is 15.4. The number of benzene rings is 2. The van der Waals surface area contributed by atoms with Crippen molar-refractivity contribution in [2.24, 2.45) is 5.10 Å². The van der Waals surface area contributed by atoms with Crippen LogP contribution in [0.4, 0.5) is 5.69 Å². The maximum absolute atomic E-state index is 11.9. The SMILES string of the molecule is Cc1cccc(/C=N/NC(=O)c2ccc([N+](=O)[O-])c(C)c2)c1. The summed E-state index contributed by atoms with van der Waals surface area (Å²) in [6.07, 6.45) is 1.54. The predicted octanol–water partition coefficient (Wildman–Crippen LogP) is 2.98. The molecule has 2 rings (SSSR count). The van der Waals surface area contributed by atoms with Gasteiger partial charge in [0.1, 0.15) is 0 Å². The second-order valence-corrected chi connectivity index (χ2v) is 4.87. The lowest BCUT2D eigenvalue weighted by Crippen LogP contribution is -2.17. The molecule has 0 unspecified atom stereocenters. The summed E-state index contributed by atoms with van der Waals surface area (Å²) in [5.41, 5.74) is 5.12. The molecule has 0 fully saturated rings. The lowest BCUT2D eigenvalue weighted by Gasteiger charge is -2.02. The quantitative estimate of drug-likeness (QED) is 0.535. The van der Waals surface area contributed by atoms with Crippen molar-refractivity contribution in [3.8, 4) is 0 Å². The summed E-state index contributed by atoms with van der Waals surface area (Å²) in [5, 5.41) is 14.6. The van der Waals surface area contributed by atoms with E-state index < -0.39 is 10.8 Å². The highest BCUT2D eigenvalue weighted by Gasteiger charge is 2.13. The molecule has 2 aromatic carbocycles. The topological polar surface area (TPSA) is 84.6 Å². The van der Waals surface area contributed by atoms with Crippen molar-refractivity contribution in [3.63, 3.8) is 0 Å². The Morgan fingerprint density at radius 2 is 2.00 bits per heavy atom. The van der Waals surface area contributed by atoms with E-state index in [-0.39, 0.29) is 5.69 Å². The van der Waals surface area contributed by atoms with Crippen molar-refractivity contribution in [1.82, 2.24) is 5.43 Å². The maximum Gasteiger partial charge on any atom is 0.272 e. The monoisotopic (exact) mass is 297 g/mol. The van der Waals surface area contributed by atoms with Crippen molar-refractivity contribution >= 4 is 17.8 Å². The Bertz CT molecular complexity index is 754. The van der Waals surface area contributed by atoms with E-state index in [4.69, 9.17) is 0 Å². The van der Waals surface area contributed by atoms with Crippen LogP contribution in [0.1, 0.15) is 27.0 Å². The molecule has 0 aliphatic heterocycles. The number of rotatable bonds is 4. The molecule has 22 heavy (non-hydrogen) atoms. The number of nitrogens with one attached hydrogen (secondary N) is 1. The third-order valence-electron chi connectivity index (χ3n) is 3.08. The highest BCUT2D eigenvalue weighted by atomic mass is 16.6. The molecule has 0 radical (unpaired) electrons. The van der Waals surface area contributed by atoms with Crippen LogP contribution < -0.4 is 5.43 Å². The first-order chi connectivity index (χ1) is 10.5. The van der Waals surface area contributed by atoms with Gasteiger partial charge in [-0.2, -0.15) is 5.10 Å². The zero-order valence-electron chi connectivity index (χ0n) is 12.2. The third-order valence-corrected chi connectivity index (χ3v) is 3.08. The molecule has 0 spiro atoms. The number of hydrazone groups is 1. The second kappa shape index (κ2) is 6.62. The van der Waals surface area contributed by atoms with Gasteiger partial charge in [-0.05, 0) is 31.5 Å². The van der Waals surface area contributed by atoms with E-state index in [9.17, 15) is 14.9 Å². The highest BCUT2D eigenvalue weighted by molar-refractivity contribution is 5.95. The summed E-state index contributed by atoms with van der Waals surface area (Å²) < 4.78 is 0. The van der Waals surface area contributed by atoms with Crippen LogP contribution in [0.3, 0.4) is 0 Å². The second-order valence-electron chi connectivity index (χ2n) is 4.87. The minimum Gasteiger partial charge on any atom is -0.267 e. The molecule has 1 amide bonds. The molecule has 0 heterocycles. The number of carbonyl (C=O) groups excluding carboxylic acids is 1. The Morgan fingerprint density at radius 3 is 2.64 bits per heavy atom. The summed E-state index contributed by atoms with van der Waals surface area (Å²) >= 11 is 0. The number of aryl methyl sites for hydroxylation is 2. The molecule has 1 N–H and O–H groups in total. The van der Waals surface area contributed by atoms with Crippen LogP contribution in [0.2, 0.25) is 0 Å². The molecule has 0 saturated heterocycles. The van der Waals surface area contributed by atoms with Gasteiger partial charge >= 0.3 is 0 Å². The van der Waals surface area contributed by atoms with Gasteiger partial charge in [-0.25, -0.2) is 5.43 Å². The predicted molar refractivity (Wildman–Crippen MR) is 84.1 cm³/mol. The van der Waals surface area contributed by atoms with E-state index in [1.165, 1.54) is 18.2 Å². The highest BCUT2D eigenvalue weighted by Crippen LogP contribution is 2.18. The number of carbonyl (C=O) groups is 1. The normalized spacial score (nSPS) is 10.6. The van der Waals surface area contributed by atoms with Gasteiger partial charge in [-0.3, -0.25) is 14.9 Å². The largest absolute Gasteiger partial charge is 0.272 e. The van der Waals surface area contributed by atoms with E-state index in [2.05, 4.69) is 10.5 Å². The van der Waals surface area contributed by atoms with E-state index in [1.54, 1.807) is 13.1 Å². The first-order valence-electron chi connectivity index (χ1n) is 6.62. The van der Waals surface area contributed by atoms with Crippen molar-refractivity contribution in [2.75, 3.05) is 0 Å². The molecule has 112 valence electrons. The van der Waals surface area contributed by atoms with Gasteiger partial charge in [0.25, 0.3) is 11.6 Å². The van der Waals surface area contributed by atoms with Gasteiger partial charge in [0, 0.05) is 17.2 Å². The summed E-state index contributed by atoms with van der Waals surface area (Å²) in [4.78, 5) is 22.2. The van der Waals surface area contributed by atoms with E-state index in [1.807, 2.05) is 31.2 Å². The molecule has 0 aromatic heterocycles. The number of nitro benzene ring substituents is 1. The maximum atomic E-state index is 11.9. The number of nitrogens with zero attached hydrogens (tertiary/aromatic N) is 2. The Balaban J connectivity index is 2.06. The number of hydrogen-bond acceptors (Lipinski definition) is 4. The number of hydrogen-bond donors (Lipinski definition) is 1. The van der Waals surface area contributed by atoms with Crippen molar-refractivity contribution in [1.29, 1.82) is 0 Å². The molecule has 6 nitrogen and oxygen atoms in total.